The maximum Gasteiger partial charge on any atom is 0.324 e. The van der Waals surface area contributed by atoms with Crippen LogP contribution in [0.1, 0.15) is 18.2 Å². The van der Waals surface area contributed by atoms with Gasteiger partial charge >= 0.3 is 5.97 Å². The van der Waals surface area contributed by atoms with E-state index in [2.05, 4.69) is 15.0 Å². The van der Waals surface area contributed by atoms with Crippen LogP contribution in [0.5, 0.6) is 0 Å². The summed E-state index contributed by atoms with van der Waals surface area (Å²) >= 11 is 13.0. The topological polar surface area (TPSA) is 97.4 Å². The number of nitrogens with zero attached hydrogens (tertiary/aromatic N) is 1. The molecule has 0 aliphatic rings. The predicted octanol–water partition coefficient (Wildman–Crippen LogP) is 4.91. The first-order valence-corrected chi connectivity index (χ1v) is 12.2. The number of aryl methyl sites for hydroxylation is 1. The van der Waals surface area contributed by atoms with Gasteiger partial charge in [0.05, 0.1) is 20.6 Å². The number of thiazole rings is 1. The second-order valence-electron chi connectivity index (χ2n) is 6.66. The summed E-state index contributed by atoms with van der Waals surface area (Å²) in [6, 6.07) is 10.6. The lowest BCUT2D eigenvalue weighted by molar-refractivity contribution is -0.146. The first-order valence-electron chi connectivity index (χ1n) is 9.06. The summed E-state index contributed by atoms with van der Waals surface area (Å²) in [5, 5.41) is 5.91. The molecule has 1 aromatic heterocycles. The quantitative estimate of drug-likeness (QED) is 0.427. The van der Waals surface area contributed by atoms with Crippen molar-refractivity contribution < 1.29 is 17.9 Å². The van der Waals surface area contributed by atoms with E-state index in [1.54, 1.807) is 5.38 Å². The van der Waals surface area contributed by atoms with Crippen LogP contribution in [-0.4, -0.2) is 25.4 Å². The molecule has 164 valence electrons. The Labute approximate surface area is 194 Å². The number of hydrogen-bond acceptors (Lipinski definition) is 7. The lowest BCUT2D eigenvalue weighted by atomic mass is 10.2. The summed E-state index contributed by atoms with van der Waals surface area (Å²) in [6.45, 7) is 3.32. The number of benzene rings is 2. The van der Waals surface area contributed by atoms with E-state index in [0.29, 0.717) is 10.8 Å². The highest BCUT2D eigenvalue weighted by Crippen LogP contribution is 2.25. The second kappa shape index (κ2) is 9.97. The van der Waals surface area contributed by atoms with Gasteiger partial charge in [0.1, 0.15) is 12.6 Å². The highest BCUT2D eigenvalue weighted by Gasteiger charge is 2.24. The molecule has 0 aliphatic carbocycles. The highest BCUT2D eigenvalue weighted by molar-refractivity contribution is 7.89. The Morgan fingerprint density at radius 1 is 1.16 bits per heavy atom. The van der Waals surface area contributed by atoms with E-state index in [4.69, 9.17) is 27.9 Å². The number of rotatable bonds is 8. The van der Waals surface area contributed by atoms with Crippen molar-refractivity contribution in [2.24, 2.45) is 0 Å². The number of anilines is 2. The summed E-state index contributed by atoms with van der Waals surface area (Å²) in [5.41, 5.74) is 2.60. The zero-order valence-corrected chi connectivity index (χ0v) is 19.7. The Balaban J connectivity index is 1.54. The zero-order valence-electron chi connectivity index (χ0n) is 16.6. The molecule has 0 radical (unpaired) electrons. The minimum absolute atomic E-state index is 0.0796. The van der Waals surface area contributed by atoms with Gasteiger partial charge in [-0.05, 0) is 44.2 Å². The second-order valence-corrected chi connectivity index (χ2v) is 10.0. The Bertz CT molecular complexity index is 1180. The third kappa shape index (κ3) is 6.41. The van der Waals surface area contributed by atoms with Crippen molar-refractivity contribution in [3.63, 3.8) is 0 Å². The number of sulfonamides is 1. The van der Waals surface area contributed by atoms with Crippen molar-refractivity contribution in [2.75, 3.05) is 5.32 Å². The molecule has 31 heavy (non-hydrogen) atoms. The van der Waals surface area contributed by atoms with E-state index in [1.165, 1.54) is 36.5 Å². The van der Waals surface area contributed by atoms with E-state index >= 15 is 0 Å². The van der Waals surface area contributed by atoms with Crippen LogP contribution in [0.25, 0.3) is 0 Å². The van der Waals surface area contributed by atoms with Gasteiger partial charge < -0.3 is 10.1 Å². The average Bonchev–Trinajstić information content (AvgIpc) is 3.16. The Kier molecular flexibility index (Phi) is 7.55. The van der Waals surface area contributed by atoms with Crippen LogP contribution in [0.15, 0.2) is 52.7 Å². The van der Waals surface area contributed by atoms with Crippen molar-refractivity contribution >= 4 is 61.4 Å². The molecular weight excluding hydrogens is 481 g/mol. The maximum absolute atomic E-state index is 12.4. The van der Waals surface area contributed by atoms with Crippen LogP contribution < -0.4 is 10.0 Å². The van der Waals surface area contributed by atoms with Crippen LogP contribution in [0.2, 0.25) is 10.0 Å². The van der Waals surface area contributed by atoms with Crippen LogP contribution in [0.4, 0.5) is 10.8 Å². The first-order chi connectivity index (χ1) is 14.6. The van der Waals surface area contributed by atoms with Crippen LogP contribution in [0.3, 0.4) is 0 Å². The molecule has 0 saturated carbocycles. The van der Waals surface area contributed by atoms with Gasteiger partial charge in [-0.2, -0.15) is 4.72 Å². The molecule has 3 aromatic rings. The maximum atomic E-state index is 12.4. The summed E-state index contributed by atoms with van der Waals surface area (Å²) in [5.74, 6) is -0.732. The van der Waals surface area contributed by atoms with Crippen LogP contribution in [-0.2, 0) is 26.2 Å². The van der Waals surface area contributed by atoms with Crippen LogP contribution in [0, 0.1) is 6.92 Å². The molecule has 2 aromatic carbocycles. The van der Waals surface area contributed by atoms with Gasteiger partial charge in [-0.1, -0.05) is 40.9 Å². The standard InChI is InChI=1S/C20H19Cl2N3O4S2/c1-12-3-5-14(6-4-12)23-20-24-15(11-30-20)10-29-19(26)13(2)25-31(27,28)16-7-8-17(21)18(22)9-16/h3-9,11,13,25H,10H2,1-2H3,(H,23,24)/t13-/m1/s1. The molecule has 0 saturated heterocycles. The number of hydrogen-bond donors (Lipinski definition) is 2. The van der Waals surface area contributed by atoms with Gasteiger partial charge in [0, 0.05) is 11.1 Å². The Hall–Kier alpha value is -2.17. The molecule has 7 nitrogen and oxygen atoms in total. The lowest BCUT2D eigenvalue weighted by Gasteiger charge is -2.13. The van der Waals surface area contributed by atoms with Crippen molar-refractivity contribution in [1.82, 2.24) is 9.71 Å². The number of halogens is 2. The number of esters is 1. The van der Waals surface area contributed by atoms with Crippen molar-refractivity contribution in [1.29, 1.82) is 0 Å². The molecule has 3 rings (SSSR count). The summed E-state index contributed by atoms with van der Waals surface area (Å²) < 4.78 is 32.3. The Morgan fingerprint density at radius 3 is 2.55 bits per heavy atom. The molecule has 11 heteroatoms. The third-order valence-electron chi connectivity index (χ3n) is 4.10. The van der Waals surface area contributed by atoms with Gasteiger partial charge in [-0.15, -0.1) is 11.3 Å². The first kappa shape index (κ1) is 23.5. The van der Waals surface area contributed by atoms with Gasteiger partial charge in [0.25, 0.3) is 0 Å². The van der Waals surface area contributed by atoms with E-state index < -0.39 is 22.0 Å². The fourth-order valence-corrected chi connectivity index (χ4v) is 4.75. The van der Waals surface area contributed by atoms with E-state index in [0.717, 1.165) is 11.3 Å². The number of carbonyl (C=O) groups is 1. The van der Waals surface area contributed by atoms with E-state index in [-0.39, 0.29) is 21.5 Å². The fraction of sp³-hybridized carbons (Fsp3) is 0.200. The van der Waals surface area contributed by atoms with Crippen molar-refractivity contribution in [3.05, 3.63) is 69.1 Å². The molecule has 1 atom stereocenters. The fourth-order valence-electron chi connectivity index (χ4n) is 2.45. The lowest BCUT2D eigenvalue weighted by Crippen LogP contribution is -2.39. The highest BCUT2D eigenvalue weighted by atomic mass is 35.5. The zero-order chi connectivity index (χ0) is 22.6. The van der Waals surface area contributed by atoms with E-state index in [9.17, 15) is 13.2 Å². The molecule has 0 spiro atoms. The van der Waals surface area contributed by atoms with Crippen LogP contribution >= 0.6 is 34.5 Å². The van der Waals surface area contributed by atoms with Crippen molar-refractivity contribution in [3.8, 4) is 0 Å². The summed E-state index contributed by atoms with van der Waals surface area (Å²) in [7, 11) is -3.98. The molecule has 0 unspecified atom stereocenters. The number of carbonyl (C=O) groups excluding carboxylic acids is 1. The third-order valence-corrected chi connectivity index (χ3v) is 7.19. The SMILES string of the molecule is Cc1ccc(Nc2nc(COC(=O)[C@@H](C)NS(=O)(=O)c3ccc(Cl)c(Cl)c3)cs2)cc1. The van der Waals surface area contributed by atoms with Crippen molar-refractivity contribution in [2.45, 2.75) is 31.4 Å². The van der Waals surface area contributed by atoms with Gasteiger partial charge in [0.15, 0.2) is 5.13 Å². The number of nitrogens with one attached hydrogen (secondary N) is 2. The smallest absolute Gasteiger partial charge is 0.324 e. The minimum atomic E-state index is -3.98. The number of aromatic nitrogens is 1. The summed E-state index contributed by atoms with van der Waals surface area (Å²) in [6.07, 6.45) is 0. The predicted molar refractivity (Wildman–Crippen MR) is 123 cm³/mol. The van der Waals surface area contributed by atoms with E-state index in [1.807, 2.05) is 31.2 Å². The summed E-state index contributed by atoms with van der Waals surface area (Å²) in [4.78, 5) is 16.5. The largest absolute Gasteiger partial charge is 0.458 e. The molecular formula is C20H19Cl2N3O4S2. The Morgan fingerprint density at radius 2 is 1.87 bits per heavy atom. The minimum Gasteiger partial charge on any atom is -0.458 e. The van der Waals surface area contributed by atoms with Gasteiger partial charge in [0.2, 0.25) is 10.0 Å². The molecule has 1 heterocycles. The number of ether oxygens (including phenoxy) is 1. The monoisotopic (exact) mass is 499 g/mol. The van der Waals surface area contributed by atoms with Gasteiger partial charge in [-0.25, -0.2) is 13.4 Å². The molecule has 0 amide bonds. The normalized spacial score (nSPS) is 12.4. The average molecular weight is 500 g/mol. The molecule has 0 fully saturated rings. The molecule has 0 aliphatic heterocycles. The molecule has 2 N–H and O–H groups in total. The molecule has 0 bridgehead atoms. The van der Waals surface area contributed by atoms with Gasteiger partial charge in [-0.3, -0.25) is 4.79 Å².